The number of benzene rings is 1. The zero-order valence-corrected chi connectivity index (χ0v) is 19.0. The van der Waals surface area contributed by atoms with Gasteiger partial charge in [0.2, 0.25) is 11.8 Å². The first-order valence-electron chi connectivity index (χ1n) is 11.5. The van der Waals surface area contributed by atoms with Gasteiger partial charge >= 0.3 is 0 Å². The SMILES string of the molecule is CC1(NC(=O)c2cn(-c3ccc4c(c3)CN(C3CCC(=O)NC3=O)C4=O)nn2)CCCCC1(F)F. The van der Waals surface area contributed by atoms with Crippen molar-refractivity contribution in [2.24, 2.45) is 0 Å². The van der Waals surface area contributed by atoms with Gasteiger partial charge in [0.05, 0.1) is 11.9 Å². The highest BCUT2D eigenvalue weighted by Crippen LogP contribution is 2.41. The quantitative estimate of drug-likeness (QED) is 0.634. The molecule has 1 saturated heterocycles. The Hall–Kier alpha value is -3.70. The first kappa shape index (κ1) is 23.1. The number of rotatable bonds is 4. The Labute approximate surface area is 199 Å². The minimum Gasteiger partial charge on any atom is -0.339 e. The lowest BCUT2D eigenvalue weighted by Crippen LogP contribution is -2.60. The lowest BCUT2D eigenvalue weighted by atomic mass is 9.79. The Morgan fingerprint density at radius 1 is 1.20 bits per heavy atom. The van der Waals surface area contributed by atoms with Crippen LogP contribution in [-0.2, 0) is 16.1 Å². The molecule has 1 aromatic heterocycles. The van der Waals surface area contributed by atoms with Gasteiger partial charge in [-0.3, -0.25) is 24.5 Å². The van der Waals surface area contributed by atoms with Crippen LogP contribution in [0.15, 0.2) is 24.4 Å². The molecular weight excluding hydrogens is 462 g/mol. The molecule has 2 N–H and O–H groups in total. The highest BCUT2D eigenvalue weighted by molar-refractivity contribution is 6.05. The maximum atomic E-state index is 14.4. The third-order valence-corrected chi connectivity index (χ3v) is 7.11. The van der Waals surface area contributed by atoms with Crippen molar-refractivity contribution in [2.75, 3.05) is 0 Å². The summed E-state index contributed by atoms with van der Waals surface area (Å²) in [5, 5.41) is 12.5. The van der Waals surface area contributed by atoms with Gasteiger partial charge in [-0.25, -0.2) is 13.5 Å². The molecule has 1 saturated carbocycles. The molecule has 2 aromatic rings. The van der Waals surface area contributed by atoms with E-state index in [0.717, 1.165) is 0 Å². The van der Waals surface area contributed by atoms with Crippen LogP contribution >= 0.6 is 0 Å². The fourth-order valence-electron chi connectivity index (χ4n) is 4.95. The number of hydrogen-bond acceptors (Lipinski definition) is 6. The summed E-state index contributed by atoms with van der Waals surface area (Å²) in [7, 11) is 0. The second kappa shape index (κ2) is 8.21. The van der Waals surface area contributed by atoms with Crippen molar-refractivity contribution in [2.45, 2.75) is 69.5 Å². The smallest absolute Gasteiger partial charge is 0.274 e. The molecule has 1 aromatic carbocycles. The van der Waals surface area contributed by atoms with Gasteiger partial charge in [-0.05, 0) is 49.9 Å². The number of fused-ring (bicyclic) bond motifs is 1. The van der Waals surface area contributed by atoms with Gasteiger partial charge in [0.25, 0.3) is 17.7 Å². The average molecular weight is 486 g/mol. The van der Waals surface area contributed by atoms with E-state index in [-0.39, 0.29) is 49.7 Å². The molecule has 2 atom stereocenters. The number of halogens is 2. The molecule has 2 unspecified atom stereocenters. The fourth-order valence-corrected chi connectivity index (χ4v) is 4.95. The van der Waals surface area contributed by atoms with Gasteiger partial charge in [-0.2, -0.15) is 0 Å². The molecule has 3 aliphatic rings. The molecule has 1 aliphatic carbocycles. The Balaban J connectivity index is 1.32. The van der Waals surface area contributed by atoms with Crippen LogP contribution in [0.2, 0.25) is 0 Å². The third kappa shape index (κ3) is 3.96. The van der Waals surface area contributed by atoms with E-state index in [1.54, 1.807) is 18.2 Å². The van der Waals surface area contributed by atoms with E-state index in [2.05, 4.69) is 20.9 Å². The Bertz CT molecular complexity index is 1240. The molecule has 12 heteroatoms. The number of alkyl halides is 2. The second-order valence-corrected chi connectivity index (χ2v) is 9.49. The van der Waals surface area contributed by atoms with Crippen molar-refractivity contribution in [3.63, 3.8) is 0 Å². The number of carbonyl (C=O) groups is 4. The molecule has 184 valence electrons. The van der Waals surface area contributed by atoms with E-state index in [1.807, 2.05) is 0 Å². The lowest BCUT2D eigenvalue weighted by Gasteiger charge is -2.41. The minimum atomic E-state index is -3.02. The van der Waals surface area contributed by atoms with E-state index in [1.165, 1.54) is 22.7 Å². The van der Waals surface area contributed by atoms with Gasteiger partial charge in [-0.15, -0.1) is 5.10 Å². The topological polar surface area (TPSA) is 126 Å². The first-order valence-corrected chi connectivity index (χ1v) is 11.5. The summed E-state index contributed by atoms with van der Waals surface area (Å²) >= 11 is 0. The van der Waals surface area contributed by atoms with E-state index in [0.29, 0.717) is 29.7 Å². The Morgan fingerprint density at radius 3 is 2.71 bits per heavy atom. The van der Waals surface area contributed by atoms with Gasteiger partial charge < -0.3 is 10.2 Å². The lowest BCUT2D eigenvalue weighted by molar-refractivity contribution is -0.136. The Morgan fingerprint density at radius 2 is 1.97 bits per heavy atom. The first-order chi connectivity index (χ1) is 16.6. The zero-order valence-electron chi connectivity index (χ0n) is 19.0. The summed E-state index contributed by atoms with van der Waals surface area (Å²) in [6.45, 7) is 1.53. The maximum absolute atomic E-state index is 14.4. The number of imide groups is 1. The van der Waals surface area contributed by atoms with Gasteiger partial charge in [0.1, 0.15) is 11.6 Å². The molecule has 4 amide bonds. The maximum Gasteiger partial charge on any atom is 0.274 e. The standard InChI is InChI=1S/C23H24F2N6O4/c1-22(8-2-3-9-23(22,24)25)27-19(33)16-12-31(29-28-16)14-4-5-15-13(10-14)11-30(21(15)35)17-6-7-18(32)26-20(17)34/h4-5,10,12,17H,2-3,6-9,11H2,1H3,(H,27,33)(H,26,32,34). The van der Waals surface area contributed by atoms with E-state index >= 15 is 0 Å². The number of amides is 4. The number of nitrogens with one attached hydrogen (secondary N) is 2. The van der Waals surface area contributed by atoms with E-state index in [9.17, 15) is 28.0 Å². The van der Waals surface area contributed by atoms with Crippen LogP contribution in [0, 0.1) is 0 Å². The van der Waals surface area contributed by atoms with E-state index in [4.69, 9.17) is 0 Å². The van der Waals surface area contributed by atoms with Crippen LogP contribution in [0.5, 0.6) is 0 Å². The van der Waals surface area contributed by atoms with E-state index < -0.39 is 29.3 Å². The van der Waals surface area contributed by atoms with Crippen molar-refractivity contribution in [1.82, 2.24) is 30.5 Å². The van der Waals surface area contributed by atoms with Crippen molar-refractivity contribution < 1.29 is 28.0 Å². The minimum absolute atomic E-state index is 0.102. The summed E-state index contributed by atoms with van der Waals surface area (Å²) in [6, 6.07) is 4.20. The van der Waals surface area contributed by atoms with Crippen LogP contribution in [0.25, 0.3) is 5.69 Å². The summed E-state index contributed by atoms with van der Waals surface area (Å²) in [6.07, 6.45) is 2.67. The summed E-state index contributed by atoms with van der Waals surface area (Å²) in [5.41, 5.74) is -0.145. The molecule has 2 fully saturated rings. The van der Waals surface area contributed by atoms with Crippen molar-refractivity contribution in [3.05, 3.63) is 41.2 Å². The van der Waals surface area contributed by atoms with Crippen LogP contribution in [-0.4, -0.2) is 61.0 Å². The number of piperidine rings is 1. The molecule has 0 spiro atoms. The normalized spacial score (nSPS) is 25.9. The van der Waals surface area contributed by atoms with Crippen molar-refractivity contribution >= 4 is 23.6 Å². The highest BCUT2D eigenvalue weighted by Gasteiger charge is 2.52. The number of nitrogens with zero attached hydrogens (tertiary/aromatic N) is 4. The van der Waals surface area contributed by atoms with Gasteiger partial charge in [-0.1, -0.05) is 11.6 Å². The molecular formula is C23H24F2N6O4. The highest BCUT2D eigenvalue weighted by atomic mass is 19.3. The predicted octanol–water partition coefficient (Wildman–Crippen LogP) is 1.73. The van der Waals surface area contributed by atoms with Crippen molar-refractivity contribution in [3.8, 4) is 5.69 Å². The number of aromatic nitrogens is 3. The fraction of sp³-hybridized carbons (Fsp3) is 0.478. The second-order valence-electron chi connectivity index (χ2n) is 9.49. The van der Waals surface area contributed by atoms with Crippen LogP contribution in [0.3, 0.4) is 0 Å². The van der Waals surface area contributed by atoms with Gasteiger partial charge in [0.15, 0.2) is 5.69 Å². The van der Waals surface area contributed by atoms with Crippen LogP contribution in [0.4, 0.5) is 8.78 Å². The largest absolute Gasteiger partial charge is 0.339 e. The predicted molar refractivity (Wildman–Crippen MR) is 117 cm³/mol. The molecule has 0 radical (unpaired) electrons. The summed E-state index contributed by atoms with van der Waals surface area (Å²) in [5.74, 6) is -4.91. The molecule has 0 bridgehead atoms. The third-order valence-electron chi connectivity index (χ3n) is 7.11. The van der Waals surface area contributed by atoms with Crippen LogP contribution < -0.4 is 10.6 Å². The van der Waals surface area contributed by atoms with Crippen LogP contribution in [0.1, 0.15) is 71.9 Å². The molecule has 35 heavy (non-hydrogen) atoms. The van der Waals surface area contributed by atoms with Gasteiger partial charge in [0, 0.05) is 24.9 Å². The molecule has 3 heterocycles. The molecule has 10 nitrogen and oxygen atoms in total. The molecule has 5 rings (SSSR count). The molecule has 2 aliphatic heterocycles. The monoisotopic (exact) mass is 486 g/mol. The Kier molecular flexibility index (Phi) is 5.41. The summed E-state index contributed by atoms with van der Waals surface area (Å²) in [4.78, 5) is 50.6. The zero-order chi connectivity index (χ0) is 25.0. The number of carbonyl (C=O) groups excluding carboxylic acids is 4. The number of hydrogen-bond donors (Lipinski definition) is 2. The average Bonchev–Trinajstić information content (AvgIpc) is 3.41. The van der Waals surface area contributed by atoms with Crippen molar-refractivity contribution in [1.29, 1.82) is 0 Å². The summed E-state index contributed by atoms with van der Waals surface area (Å²) < 4.78 is 30.2.